The van der Waals surface area contributed by atoms with E-state index in [1.165, 1.54) is 32.1 Å². The van der Waals surface area contributed by atoms with Gasteiger partial charge in [0.1, 0.15) is 0 Å². The van der Waals surface area contributed by atoms with E-state index < -0.39 is 6.10 Å². The molecule has 138 valence electrons. The van der Waals surface area contributed by atoms with Gasteiger partial charge in [0.15, 0.2) is 0 Å². The molecule has 2 aliphatic rings. The molecule has 1 heterocycles. The largest absolute Gasteiger partial charge is 0.391 e. The van der Waals surface area contributed by atoms with Gasteiger partial charge in [-0.1, -0.05) is 43.5 Å². The number of amides is 1. The number of carbonyl (C=O) groups excluding carboxylic acids is 1. The van der Waals surface area contributed by atoms with Crippen molar-refractivity contribution in [2.45, 2.75) is 63.9 Å². The number of carbonyl (C=O) groups is 1. The molecular formula is C20H30N2O3. The van der Waals surface area contributed by atoms with Gasteiger partial charge in [-0.05, 0) is 24.0 Å². The summed E-state index contributed by atoms with van der Waals surface area (Å²) in [7, 11) is 0. The van der Waals surface area contributed by atoms with Gasteiger partial charge in [0, 0.05) is 32.0 Å². The van der Waals surface area contributed by atoms with E-state index in [9.17, 15) is 9.90 Å². The Hall–Kier alpha value is -1.43. The third-order valence-corrected chi connectivity index (χ3v) is 5.27. The van der Waals surface area contributed by atoms with Gasteiger partial charge in [-0.15, -0.1) is 0 Å². The molecule has 0 bridgehead atoms. The number of aliphatic hydroxyl groups excluding tert-OH is 1. The van der Waals surface area contributed by atoms with Gasteiger partial charge in [-0.3, -0.25) is 4.79 Å². The number of rotatable bonds is 7. The van der Waals surface area contributed by atoms with Gasteiger partial charge >= 0.3 is 0 Å². The van der Waals surface area contributed by atoms with Crippen LogP contribution in [0.5, 0.6) is 0 Å². The van der Waals surface area contributed by atoms with Crippen molar-refractivity contribution in [1.82, 2.24) is 10.6 Å². The molecule has 1 saturated carbocycles. The Morgan fingerprint density at radius 2 is 2.00 bits per heavy atom. The Bertz CT molecular complexity index is 558. The lowest BCUT2D eigenvalue weighted by atomic mass is 9.98. The molecule has 1 aromatic carbocycles. The Kier molecular flexibility index (Phi) is 6.84. The van der Waals surface area contributed by atoms with E-state index in [-0.39, 0.29) is 11.8 Å². The lowest BCUT2D eigenvalue weighted by Crippen LogP contribution is -2.29. The summed E-state index contributed by atoms with van der Waals surface area (Å²) in [4.78, 5) is 12.1. The molecule has 0 radical (unpaired) electrons. The van der Waals surface area contributed by atoms with Crippen molar-refractivity contribution in [1.29, 1.82) is 0 Å². The Labute approximate surface area is 150 Å². The van der Waals surface area contributed by atoms with Crippen molar-refractivity contribution in [3.63, 3.8) is 0 Å². The zero-order chi connectivity index (χ0) is 17.5. The summed E-state index contributed by atoms with van der Waals surface area (Å²) in [6.45, 7) is 2.46. The second-order valence-electron chi connectivity index (χ2n) is 7.36. The zero-order valence-electron chi connectivity index (χ0n) is 14.9. The van der Waals surface area contributed by atoms with Crippen LogP contribution in [-0.4, -0.2) is 36.3 Å². The molecule has 1 aliphatic heterocycles. The molecule has 5 nitrogen and oxygen atoms in total. The van der Waals surface area contributed by atoms with Crippen LogP contribution in [0.1, 0.15) is 49.7 Å². The van der Waals surface area contributed by atoms with Crippen molar-refractivity contribution < 1.29 is 14.6 Å². The van der Waals surface area contributed by atoms with Crippen molar-refractivity contribution in [3.05, 3.63) is 35.4 Å². The molecule has 1 saturated heterocycles. The lowest BCUT2D eigenvalue weighted by molar-refractivity contribution is -0.122. The van der Waals surface area contributed by atoms with Crippen LogP contribution in [0.25, 0.3) is 0 Å². The summed E-state index contributed by atoms with van der Waals surface area (Å²) >= 11 is 0. The van der Waals surface area contributed by atoms with Gasteiger partial charge in [0.2, 0.25) is 5.91 Å². The molecule has 1 aliphatic carbocycles. The fourth-order valence-electron chi connectivity index (χ4n) is 3.71. The van der Waals surface area contributed by atoms with Crippen molar-refractivity contribution in [2.75, 3.05) is 13.1 Å². The van der Waals surface area contributed by atoms with Crippen LogP contribution in [0.2, 0.25) is 0 Å². The molecule has 1 amide bonds. The van der Waals surface area contributed by atoms with Crippen LogP contribution in [0, 0.1) is 5.92 Å². The number of β-amino-alcohol motifs (C(OH)–C–C–N with tert-alkyl or cyclic N) is 1. The minimum Gasteiger partial charge on any atom is -0.391 e. The summed E-state index contributed by atoms with van der Waals surface area (Å²) in [5, 5.41) is 15.8. The van der Waals surface area contributed by atoms with E-state index >= 15 is 0 Å². The van der Waals surface area contributed by atoms with Crippen molar-refractivity contribution in [3.8, 4) is 0 Å². The van der Waals surface area contributed by atoms with Crippen molar-refractivity contribution >= 4 is 5.91 Å². The van der Waals surface area contributed by atoms with E-state index in [0.717, 1.165) is 11.1 Å². The second kappa shape index (κ2) is 9.32. The number of hydrogen-bond donors (Lipinski definition) is 3. The molecule has 3 rings (SSSR count). The third kappa shape index (κ3) is 5.80. The molecule has 3 N–H and O–H groups in total. The molecular weight excluding hydrogens is 316 g/mol. The highest BCUT2D eigenvalue weighted by Crippen LogP contribution is 2.21. The monoisotopic (exact) mass is 346 g/mol. The molecule has 2 atom stereocenters. The summed E-state index contributed by atoms with van der Waals surface area (Å²) in [5.74, 6) is 0.0202. The SMILES string of the molecule is O=C(C[C@@H]1CNC[C@H]1O)NCc1cccc(COC2CCCCC2)c1. The number of nitrogens with one attached hydrogen (secondary N) is 2. The molecule has 0 spiro atoms. The average Bonchev–Trinajstić information content (AvgIpc) is 3.04. The smallest absolute Gasteiger partial charge is 0.220 e. The van der Waals surface area contributed by atoms with E-state index in [4.69, 9.17) is 4.74 Å². The Balaban J connectivity index is 1.42. The Morgan fingerprint density at radius 3 is 2.76 bits per heavy atom. The fourth-order valence-corrected chi connectivity index (χ4v) is 3.71. The molecule has 0 aromatic heterocycles. The van der Waals surface area contributed by atoms with Gasteiger partial charge in [-0.2, -0.15) is 0 Å². The number of benzene rings is 1. The van der Waals surface area contributed by atoms with Gasteiger partial charge < -0.3 is 20.5 Å². The molecule has 5 heteroatoms. The summed E-state index contributed by atoms with van der Waals surface area (Å²) in [5.41, 5.74) is 2.25. The maximum atomic E-state index is 12.1. The second-order valence-corrected chi connectivity index (χ2v) is 7.36. The van der Waals surface area contributed by atoms with Gasteiger partial charge in [0.05, 0.1) is 18.8 Å². The number of aliphatic hydroxyl groups is 1. The van der Waals surface area contributed by atoms with E-state index in [1.807, 2.05) is 12.1 Å². The van der Waals surface area contributed by atoms with Crippen LogP contribution < -0.4 is 10.6 Å². The van der Waals surface area contributed by atoms with Gasteiger partial charge in [0.25, 0.3) is 0 Å². The topological polar surface area (TPSA) is 70.6 Å². The average molecular weight is 346 g/mol. The summed E-state index contributed by atoms with van der Waals surface area (Å²) in [6, 6.07) is 8.23. The van der Waals surface area contributed by atoms with E-state index in [0.29, 0.717) is 38.8 Å². The van der Waals surface area contributed by atoms with E-state index in [1.54, 1.807) is 0 Å². The predicted molar refractivity (Wildman–Crippen MR) is 96.9 cm³/mol. The highest BCUT2D eigenvalue weighted by Gasteiger charge is 2.26. The molecule has 1 aromatic rings. The number of hydrogen-bond acceptors (Lipinski definition) is 4. The zero-order valence-corrected chi connectivity index (χ0v) is 14.9. The molecule has 0 unspecified atom stereocenters. The van der Waals surface area contributed by atoms with Crippen LogP contribution in [0.4, 0.5) is 0 Å². The summed E-state index contributed by atoms with van der Waals surface area (Å²) in [6.07, 6.45) is 6.62. The number of ether oxygens (including phenoxy) is 1. The van der Waals surface area contributed by atoms with Crippen LogP contribution >= 0.6 is 0 Å². The summed E-state index contributed by atoms with van der Waals surface area (Å²) < 4.78 is 6.03. The van der Waals surface area contributed by atoms with Crippen LogP contribution in [0.15, 0.2) is 24.3 Å². The molecule has 2 fully saturated rings. The predicted octanol–water partition coefficient (Wildman–Crippen LogP) is 2.12. The highest BCUT2D eigenvalue weighted by atomic mass is 16.5. The fraction of sp³-hybridized carbons (Fsp3) is 0.650. The van der Waals surface area contributed by atoms with Gasteiger partial charge in [-0.25, -0.2) is 0 Å². The Morgan fingerprint density at radius 1 is 1.20 bits per heavy atom. The quantitative estimate of drug-likeness (QED) is 0.707. The lowest BCUT2D eigenvalue weighted by Gasteiger charge is -2.22. The maximum absolute atomic E-state index is 12.1. The first-order valence-corrected chi connectivity index (χ1v) is 9.55. The normalized spacial score (nSPS) is 24.4. The first kappa shape index (κ1) is 18.4. The molecule has 25 heavy (non-hydrogen) atoms. The third-order valence-electron chi connectivity index (χ3n) is 5.27. The highest BCUT2D eigenvalue weighted by molar-refractivity contribution is 5.76. The van der Waals surface area contributed by atoms with Crippen molar-refractivity contribution in [2.24, 2.45) is 5.92 Å². The van der Waals surface area contributed by atoms with Crippen LogP contribution in [-0.2, 0) is 22.7 Å². The van der Waals surface area contributed by atoms with E-state index in [2.05, 4.69) is 22.8 Å². The first-order valence-electron chi connectivity index (χ1n) is 9.55. The minimum atomic E-state index is -0.411. The first-order chi connectivity index (χ1) is 12.2. The maximum Gasteiger partial charge on any atom is 0.220 e. The van der Waals surface area contributed by atoms with Crippen LogP contribution in [0.3, 0.4) is 0 Å². The standard InChI is InChI=1S/C20H30N2O3/c23-19-13-21-12-17(19)10-20(24)22-11-15-5-4-6-16(9-15)14-25-18-7-2-1-3-8-18/h4-6,9,17-19,21,23H,1-3,7-8,10-14H2,(H,22,24)/t17-,19-/m1/s1. The minimum absolute atomic E-state index is 0.00314.